The minimum Gasteiger partial charge on any atom is -0.378 e. The van der Waals surface area contributed by atoms with Crippen molar-refractivity contribution in [1.82, 2.24) is 4.72 Å². The molecule has 1 aliphatic heterocycles. The van der Waals surface area contributed by atoms with Crippen molar-refractivity contribution in [3.05, 3.63) is 72.3 Å². The molecule has 1 fully saturated rings. The lowest BCUT2D eigenvalue weighted by Gasteiger charge is -2.26. The van der Waals surface area contributed by atoms with E-state index < -0.39 is 10.0 Å². The van der Waals surface area contributed by atoms with Gasteiger partial charge >= 0.3 is 0 Å². The van der Waals surface area contributed by atoms with Crippen LogP contribution in [0.1, 0.15) is 24.4 Å². The van der Waals surface area contributed by atoms with Crippen molar-refractivity contribution < 1.29 is 13.3 Å². The van der Waals surface area contributed by atoms with Gasteiger partial charge in [-0.25, -0.2) is 13.1 Å². The van der Waals surface area contributed by atoms with E-state index in [4.69, 9.17) is 0 Å². The molecule has 1 heterocycles. The van der Waals surface area contributed by atoms with Gasteiger partial charge < -0.3 is 9.80 Å². The Hall–Kier alpha value is -2.41. The molecule has 3 aromatic rings. The van der Waals surface area contributed by atoms with Crippen LogP contribution >= 0.6 is 0 Å². The minimum absolute atomic E-state index is 0.110. The number of anilines is 1. The van der Waals surface area contributed by atoms with Crippen molar-refractivity contribution in [2.45, 2.75) is 23.8 Å². The second kappa shape index (κ2) is 8.76. The van der Waals surface area contributed by atoms with Gasteiger partial charge in [0.05, 0.1) is 24.5 Å². The lowest BCUT2D eigenvalue weighted by Crippen LogP contribution is -3.11. The van der Waals surface area contributed by atoms with Crippen molar-refractivity contribution in [2.24, 2.45) is 0 Å². The maximum absolute atomic E-state index is 13.0. The summed E-state index contributed by atoms with van der Waals surface area (Å²) in [5.41, 5.74) is 2.32. The van der Waals surface area contributed by atoms with Gasteiger partial charge in [-0.2, -0.15) is 0 Å². The number of quaternary nitrogens is 1. The van der Waals surface area contributed by atoms with Gasteiger partial charge in [-0.05, 0) is 35.0 Å². The fourth-order valence-electron chi connectivity index (χ4n) is 4.29. The topological polar surface area (TPSA) is 53.9 Å². The van der Waals surface area contributed by atoms with E-state index in [9.17, 15) is 8.42 Å². The first-order valence-corrected chi connectivity index (χ1v) is 12.0. The second-order valence-electron chi connectivity index (χ2n) is 8.26. The van der Waals surface area contributed by atoms with Gasteiger partial charge in [-0.15, -0.1) is 0 Å². The number of nitrogens with one attached hydrogen (secondary N) is 2. The monoisotopic (exact) mass is 424 g/mol. The Labute approximate surface area is 179 Å². The Balaban J connectivity index is 1.56. The predicted molar refractivity (Wildman–Crippen MR) is 123 cm³/mol. The normalized spacial score (nSPS) is 16.1. The zero-order chi connectivity index (χ0) is 21.1. The zero-order valence-electron chi connectivity index (χ0n) is 17.6. The minimum atomic E-state index is -3.58. The third-order valence-electron chi connectivity index (χ3n) is 6.06. The van der Waals surface area contributed by atoms with Crippen molar-refractivity contribution >= 4 is 26.5 Å². The van der Waals surface area contributed by atoms with Crippen molar-refractivity contribution in [3.63, 3.8) is 0 Å². The summed E-state index contributed by atoms with van der Waals surface area (Å²) < 4.78 is 29.0. The molecule has 3 aromatic carbocycles. The van der Waals surface area contributed by atoms with Crippen LogP contribution in [0.4, 0.5) is 5.69 Å². The molecule has 0 radical (unpaired) electrons. The van der Waals surface area contributed by atoms with Gasteiger partial charge in [0.25, 0.3) is 0 Å². The SMILES string of the molecule is CN(C)c1ccc([C@@H](CNS(=O)(=O)c2ccc3ccccc3c2)[NH+]2CCCC2)cc1. The number of hydrogen-bond acceptors (Lipinski definition) is 3. The molecule has 0 aliphatic carbocycles. The molecule has 0 unspecified atom stereocenters. The lowest BCUT2D eigenvalue weighted by molar-refractivity contribution is -0.918. The van der Waals surface area contributed by atoms with E-state index in [1.165, 1.54) is 23.3 Å². The molecule has 1 saturated heterocycles. The van der Waals surface area contributed by atoms with E-state index in [0.29, 0.717) is 11.4 Å². The summed E-state index contributed by atoms with van der Waals surface area (Å²) >= 11 is 0. The molecule has 30 heavy (non-hydrogen) atoms. The third-order valence-corrected chi connectivity index (χ3v) is 7.48. The summed E-state index contributed by atoms with van der Waals surface area (Å²) in [5, 5.41) is 1.97. The highest BCUT2D eigenvalue weighted by Crippen LogP contribution is 2.20. The third kappa shape index (κ3) is 4.51. The molecule has 0 aromatic heterocycles. The molecule has 0 saturated carbocycles. The van der Waals surface area contributed by atoms with Gasteiger partial charge in [-0.3, -0.25) is 0 Å². The predicted octanol–water partition coefficient (Wildman–Crippen LogP) is 2.60. The van der Waals surface area contributed by atoms with Gasteiger partial charge in [0.15, 0.2) is 0 Å². The van der Waals surface area contributed by atoms with Crippen LogP contribution in [0.2, 0.25) is 0 Å². The summed E-state index contributed by atoms with van der Waals surface area (Å²) in [7, 11) is 0.470. The smallest absolute Gasteiger partial charge is 0.240 e. The van der Waals surface area contributed by atoms with Crippen LogP contribution in [0.15, 0.2) is 71.6 Å². The largest absolute Gasteiger partial charge is 0.378 e. The molecule has 5 nitrogen and oxygen atoms in total. The Morgan fingerprint density at radius 1 is 0.933 bits per heavy atom. The zero-order valence-corrected chi connectivity index (χ0v) is 18.5. The number of nitrogens with zero attached hydrogens (tertiary/aromatic N) is 1. The number of rotatable bonds is 7. The molecule has 6 heteroatoms. The Morgan fingerprint density at radius 3 is 2.27 bits per heavy atom. The van der Waals surface area contributed by atoms with Crippen molar-refractivity contribution in [2.75, 3.05) is 38.6 Å². The van der Waals surface area contributed by atoms with Crippen LogP contribution in [-0.4, -0.2) is 42.1 Å². The highest BCUT2D eigenvalue weighted by atomic mass is 32.2. The van der Waals surface area contributed by atoms with Crippen LogP contribution in [0.3, 0.4) is 0 Å². The number of hydrogen-bond donors (Lipinski definition) is 2. The molecule has 0 bridgehead atoms. The molecule has 4 rings (SSSR count). The van der Waals surface area contributed by atoms with Crippen LogP contribution in [0, 0.1) is 0 Å². The standard InChI is InChI=1S/C24H29N3O2S/c1-26(2)22-12-9-20(10-13-22)24(27-15-5-6-16-27)18-25-30(28,29)23-14-11-19-7-3-4-8-21(19)17-23/h3-4,7-14,17,24-25H,5-6,15-16,18H2,1-2H3/p+1/t24-/m1/s1. The van der Waals surface area contributed by atoms with Crippen LogP contribution in [-0.2, 0) is 10.0 Å². The first kappa shape index (κ1) is 20.8. The molecule has 2 N–H and O–H groups in total. The van der Waals surface area contributed by atoms with Crippen LogP contribution in [0.25, 0.3) is 10.8 Å². The summed E-state index contributed by atoms with van der Waals surface area (Å²) in [6.07, 6.45) is 2.39. The summed E-state index contributed by atoms with van der Waals surface area (Å²) in [6, 6.07) is 21.7. The van der Waals surface area contributed by atoms with Gasteiger partial charge in [0.1, 0.15) is 6.04 Å². The average molecular weight is 425 g/mol. The highest BCUT2D eigenvalue weighted by molar-refractivity contribution is 7.89. The summed E-state index contributed by atoms with van der Waals surface area (Å²) in [4.78, 5) is 3.84. The molecule has 1 aliphatic rings. The number of sulfonamides is 1. The Morgan fingerprint density at radius 2 is 1.60 bits per heavy atom. The quantitative estimate of drug-likeness (QED) is 0.613. The van der Waals surface area contributed by atoms with E-state index in [0.717, 1.165) is 29.5 Å². The van der Waals surface area contributed by atoms with E-state index in [2.05, 4.69) is 33.9 Å². The molecule has 158 valence electrons. The first-order valence-electron chi connectivity index (χ1n) is 10.5. The maximum atomic E-state index is 13.0. The number of likely N-dealkylation sites (tertiary alicyclic amines) is 1. The molecule has 0 amide bonds. The lowest BCUT2D eigenvalue weighted by atomic mass is 10.1. The average Bonchev–Trinajstić information content (AvgIpc) is 3.28. The molecular weight excluding hydrogens is 394 g/mol. The summed E-state index contributed by atoms with van der Waals surface area (Å²) in [6.45, 7) is 2.56. The van der Waals surface area contributed by atoms with E-state index >= 15 is 0 Å². The highest BCUT2D eigenvalue weighted by Gasteiger charge is 2.29. The number of benzene rings is 3. The van der Waals surface area contributed by atoms with Crippen molar-refractivity contribution in [3.8, 4) is 0 Å². The molecule has 1 atom stereocenters. The fourth-order valence-corrected chi connectivity index (χ4v) is 5.37. The van der Waals surface area contributed by atoms with Gasteiger partial charge in [0.2, 0.25) is 10.0 Å². The molecular formula is C24H30N3O2S+. The van der Waals surface area contributed by atoms with E-state index in [-0.39, 0.29) is 6.04 Å². The maximum Gasteiger partial charge on any atom is 0.240 e. The second-order valence-corrected chi connectivity index (χ2v) is 10.0. The van der Waals surface area contributed by atoms with Crippen LogP contribution < -0.4 is 14.5 Å². The van der Waals surface area contributed by atoms with E-state index in [1.54, 1.807) is 12.1 Å². The van der Waals surface area contributed by atoms with Crippen molar-refractivity contribution in [1.29, 1.82) is 0 Å². The molecule has 0 spiro atoms. The Kier molecular flexibility index (Phi) is 6.09. The fraction of sp³-hybridized carbons (Fsp3) is 0.333. The first-order chi connectivity index (χ1) is 14.4. The number of fused-ring (bicyclic) bond motifs is 1. The summed E-state index contributed by atoms with van der Waals surface area (Å²) in [5.74, 6) is 0. The Bertz CT molecular complexity index is 1100. The van der Waals surface area contributed by atoms with Gasteiger partial charge in [-0.1, -0.05) is 42.5 Å². The van der Waals surface area contributed by atoms with Gasteiger partial charge in [0, 0.05) is 38.2 Å². The van der Waals surface area contributed by atoms with Crippen LogP contribution in [0.5, 0.6) is 0 Å². The van der Waals surface area contributed by atoms with E-state index in [1.807, 2.05) is 44.4 Å².